The number of rotatable bonds is 2. The highest BCUT2D eigenvalue weighted by molar-refractivity contribution is 7.11. The summed E-state index contributed by atoms with van der Waals surface area (Å²) < 4.78 is 0. The van der Waals surface area contributed by atoms with Crippen molar-refractivity contribution in [2.45, 2.75) is 26.3 Å². The molecule has 0 aromatic carbocycles. The first-order valence-electron chi connectivity index (χ1n) is 5.62. The molecule has 1 N–H and O–H groups in total. The normalized spacial score (nSPS) is 21.4. The van der Waals surface area contributed by atoms with Gasteiger partial charge in [-0.1, -0.05) is 0 Å². The minimum Gasteiger partial charge on any atom is -0.277 e. The zero-order chi connectivity index (χ0) is 12.9. The molecule has 1 saturated heterocycles. The van der Waals surface area contributed by atoms with E-state index in [-0.39, 0.29) is 12.5 Å². The van der Waals surface area contributed by atoms with Crippen molar-refractivity contribution in [2.24, 2.45) is 5.41 Å². The zero-order valence-corrected chi connectivity index (χ0v) is 10.5. The summed E-state index contributed by atoms with van der Waals surface area (Å²) in [5.41, 5.74) is -0.965. The summed E-state index contributed by atoms with van der Waals surface area (Å²) in [7, 11) is 0. The Kier molecular flexibility index (Phi) is 2.28. The lowest BCUT2D eigenvalue weighted by Gasteiger charge is -2.29. The first-order chi connectivity index (χ1) is 8.53. The van der Waals surface area contributed by atoms with Gasteiger partial charge in [0.25, 0.3) is 0 Å². The lowest BCUT2D eigenvalue weighted by atomic mass is 10.0. The number of aromatic nitrogens is 1. The number of imide groups is 2. The molecular formula is C11H11N3O3S. The van der Waals surface area contributed by atoms with Crippen LogP contribution < -0.4 is 5.32 Å². The average Bonchev–Trinajstić information content (AvgIpc) is 3.02. The van der Waals surface area contributed by atoms with Crippen LogP contribution in [0, 0.1) is 12.3 Å². The minimum atomic E-state index is -0.965. The summed E-state index contributed by atoms with van der Waals surface area (Å²) in [5.74, 6) is -0.823. The van der Waals surface area contributed by atoms with E-state index in [0.29, 0.717) is 12.8 Å². The minimum absolute atomic E-state index is 0.186. The molecule has 2 heterocycles. The summed E-state index contributed by atoms with van der Waals surface area (Å²) in [4.78, 5) is 41.5. The van der Waals surface area contributed by atoms with Gasteiger partial charge in [-0.2, -0.15) is 0 Å². The van der Waals surface area contributed by atoms with Crippen molar-refractivity contribution in [3.63, 3.8) is 0 Å². The van der Waals surface area contributed by atoms with Crippen LogP contribution in [0.5, 0.6) is 0 Å². The van der Waals surface area contributed by atoms with Crippen molar-refractivity contribution in [1.29, 1.82) is 0 Å². The lowest BCUT2D eigenvalue weighted by molar-refractivity contribution is -0.145. The van der Waals surface area contributed by atoms with Crippen LogP contribution in [0.15, 0.2) is 6.20 Å². The van der Waals surface area contributed by atoms with Crippen LogP contribution in [-0.4, -0.2) is 27.7 Å². The third-order valence-corrected chi connectivity index (χ3v) is 4.19. The summed E-state index contributed by atoms with van der Waals surface area (Å²) in [6.07, 6.45) is 2.71. The van der Waals surface area contributed by atoms with Crippen LogP contribution in [0.1, 0.15) is 22.7 Å². The molecule has 2 fully saturated rings. The molecule has 0 bridgehead atoms. The Bertz CT molecular complexity index is 562. The van der Waals surface area contributed by atoms with Crippen molar-refractivity contribution >= 4 is 29.2 Å². The molecule has 0 unspecified atom stereocenters. The Balaban J connectivity index is 1.85. The SMILES string of the molecule is Cc1ncc(CN2C(=O)NC(=O)C3(CC3)C2=O)s1. The van der Waals surface area contributed by atoms with E-state index in [1.165, 1.54) is 11.3 Å². The zero-order valence-electron chi connectivity index (χ0n) is 9.73. The highest BCUT2D eigenvalue weighted by atomic mass is 32.1. The van der Waals surface area contributed by atoms with Gasteiger partial charge in [0.1, 0.15) is 5.41 Å². The van der Waals surface area contributed by atoms with Crippen molar-refractivity contribution in [3.05, 3.63) is 16.1 Å². The predicted molar refractivity (Wildman–Crippen MR) is 62.6 cm³/mol. The van der Waals surface area contributed by atoms with Gasteiger partial charge in [-0.25, -0.2) is 9.78 Å². The number of nitrogens with one attached hydrogen (secondary N) is 1. The van der Waals surface area contributed by atoms with Crippen LogP contribution in [0.3, 0.4) is 0 Å². The molecule has 1 aliphatic carbocycles. The maximum atomic E-state index is 12.2. The molecule has 1 saturated carbocycles. The van der Waals surface area contributed by atoms with E-state index in [0.717, 1.165) is 14.8 Å². The molecule has 0 atom stereocenters. The first-order valence-corrected chi connectivity index (χ1v) is 6.43. The van der Waals surface area contributed by atoms with Crippen LogP contribution in [-0.2, 0) is 16.1 Å². The number of nitrogens with zero attached hydrogens (tertiary/aromatic N) is 2. The largest absolute Gasteiger partial charge is 0.331 e. The Morgan fingerprint density at radius 3 is 2.72 bits per heavy atom. The number of carbonyl (C=O) groups excluding carboxylic acids is 3. The molecule has 2 aliphatic rings. The molecule has 7 heteroatoms. The van der Waals surface area contributed by atoms with Gasteiger partial charge in [-0.15, -0.1) is 11.3 Å². The molecule has 4 amide bonds. The van der Waals surface area contributed by atoms with Gasteiger partial charge in [0.2, 0.25) is 11.8 Å². The van der Waals surface area contributed by atoms with Gasteiger partial charge in [-0.05, 0) is 19.8 Å². The van der Waals surface area contributed by atoms with E-state index in [1.54, 1.807) is 6.20 Å². The molecule has 18 heavy (non-hydrogen) atoms. The van der Waals surface area contributed by atoms with Crippen LogP contribution >= 0.6 is 11.3 Å². The fourth-order valence-corrected chi connectivity index (χ4v) is 2.86. The molecule has 1 aromatic rings. The second kappa shape index (κ2) is 3.61. The predicted octanol–water partition coefficient (Wildman–Crippen LogP) is 0.810. The molecule has 3 rings (SSSR count). The third kappa shape index (κ3) is 1.54. The summed E-state index contributed by atoms with van der Waals surface area (Å²) in [5, 5.41) is 3.13. The van der Waals surface area contributed by atoms with Crippen LogP contribution in [0.2, 0.25) is 0 Å². The smallest absolute Gasteiger partial charge is 0.277 e. The van der Waals surface area contributed by atoms with Gasteiger partial charge in [0, 0.05) is 11.1 Å². The Morgan fingerprint density at radius 2 is 2.17 bits per heavy atom. The lowest BCUT2D eigenvalue weighted by Crippen LogP contribution is -2.58. The highest BCUT2D eigenvalue weighted by Crippen LogP contribution is 2.49. The van der Waals surface area contributed by atoms with Crippen molar-refractivity contribution < 1.29 is 14.4 Å². The maximum absolute atomic E-state index is 12.2. The molecule has 0 radical (unpaired) electrons. The van der Waals surface area contributed by atoms with Crippen LogP contribution in [0.4, 0.5) is 4.79 Å². The van der Waals surface area contributed by atoms with E-state index < -0.39 is 17.4 Å². The van der Waals surface area contributed by atoms with Gasteiger partial charge >= 0.3 is 6.03 Å². The topological polar surface area (TPSA) is 79.4 Å². The third-order valence-electron chi connectivity index (χ3n) is 3.29. The standard InChI is InChI=1S/C11H11N3O3S/c1-6-12-4-7(18-6)5-14-9(16)11(2-3-11)8(15)13-10(14)17/h4H,2-3,5H2,1H3,(H,13,15,17). The highest BCUT2D eigenvalue weighted by Gasteiger charge is 2.62. The number of hydrogen-bond acceptors (Lipinski definition) is 5. The van der Waals surface area contributed by atoms with E-state index >= 15 is 0 Å². The second-order valence-corrected chi connectivity index (χ2v) is 5.90. The second-order valence-electron chi connectivity index (χ2n) is 4.58. The summed E-state index contributed by atoms with van der Waals surface area (Å²) in [6.45, 7) is 2.05. The molecule has 1 aliphatic heterocycles. The summed E-state index contributed by atoms with van der Waals surface area (Å²) in [6, 6.07) is -0.631. The quantitative estimate of drug-likeness (QED) is 0.802. The number of carbonyl (C=O) groups is 3. The van der Waals surface area contributed by atoms with E-state index in [9.17, 15) is 14.4 Å². The van der Waals surface area contributed by atoms with Crippen LogP contribution in [0.25, 0.3) is 0 Å². The van der Waals surface area contributed by atoms with Crippen molar-refractivity contribution in [2.75, 3.05) is 0 Å². The van der Waals surface area contributed by atoms with E-state index in [2.05, 4.69) is 10.3 Å². The average molecular weight is 265 g/mol. The molecule has 6 nitrogen and oxygen atoms in total. The molecule has 1 aromatic heterocycles. The van der Waals surface area contributed by atoms with E-state index in [4.69, 9.17) is 0 Å². The molecule has 94 valence electrons. The Hall–Kier alpha value is -1.76. The molecular weight excluding hydrogens is 254 g/mol. The fourth-order valence-electron chi connectivity index (χ4n) is 2.08. The summed E-state index contributed by atoms with van der Waals surface area (Å²) >= 11 is 1.44. The number of aryl methyl sites for hydroxylation is 1. The number of hydrogen-bond donors (Lipinski definition) is 1. The Morgan fingerprint density at radius 1 is 1.44 bits per heavy atom. The number of barbiturate groups is 1. The van der Waals surface area contributed by atoms with Crippen molar-refractivity contribution in [3.8, 4) is 0 Å². The first kappa shape index (κ1) is 11.3. The van der Waals surface area contributed by atoms with Gasteiger partial charge in [0.05, 0.1) is 11.6 Å². The van der Waals surface area contributed by atoms with Gasteiger partial charge < -0.3 is 0 Å². The Labute approximate surface area is 107 Å². The molecule has 1 spiro atoms. The van der Waals surface area contributed by atoms with Gasteiger partial charge in [0.15, 0.2) is 0 Å². The number of urea groups is 1. The van der Waals surface area contributed by atoms with Crippen molar-refractivity contribution in [1.82, 2.24) is 15.2 Å². The monoisotopic (exact) mass is 265 g/mol. The number of amides is 4. The van der Waals surface area contributed by atoms with E-state index in [1.807, 2.05) is 6.92 Å². The fraction of sp³-hybridized carbons (Fsp3) is 0.455. The number of thiazole rings is 1. The maximum Gasteiger partial charge on any atom is 0.331 e. The van der Waals surface area contributed by atoms with Gasteiger partial charge in [-0.3, -0.25) is 19.8 Å².